The molecule has 1 rings (SSSR count). The second-order valence-electron chi connectivity index (χ2n) is 5.16. The Morgan fingerprint density at radius 3 is 2.50 bits per heavy atom. The van der Waals surface area contributed by atoms with Crippen molar-refractivity contribution in [3.63, 3.8) is 0 Å². The average molecular weight is 199 g/mol. The number of nitrogens with two attached hydrogens (primary N) is 1. The molecular weight excluding hydrogens is 178 g/mol. The molecule has 82 valence electrons. The molecule has 1 aliphatic rings. The summed E-state index contributed by atoms with van der Waals surface area (Å²) in [6.45, 7) is 5.69. The number of rotatable bonds is 1. The summed E-state index contributed by atoms with van der Waals surface area (Å²) in [6, 6.07) is 0.182. The highest BCUT2D eigenvalue weighted by Gasteiger charge is 2.29. The van der Waals surface area contributed by atoms with Gasteiger partial charge >= 0.3 is 5.97 Å². The smallest absolute Gasteiger partial charge is 0.309 e. The van der Waals surface area contributed by atoms with E-state index < -0.39 is 0 Å². The van der Waals surface area contributed by atoms with Gasteiger partial charge < -0.3 is 10.5 Å². The van der Waals surface area contributed by atoms with Gasteiger partial charge in [0.05, 0.1) is 5.92 Å². The van der Waals surface area contributed by atoms with E-state index in [1.165, 1.54) is 0 Å². The lowest BCUT2D eigenvalue weighted by Crippen LogP contribution is -2.35. The molecule has 3 heteroatoms. The highest BCUT2D eigenvalue weighted by molar-refractivity contribution is 5.73. The summed E-state index contributed by atoms with van der Waals surface area (Å²) in [4.78, 5) is 11.7. The van der Waals surface area contributed by atoms with Gasteiger partial charge in [0.1, 0.15) is 5.60 Å². The van der Waals surface area contributed by atoms with E-state index in [1.807, 2.05) is 20.8 Å². The third-order valence-electron chi connectivity index (χ3n) is 2.45. The molecule has 1 aliphatic carbocycles. The maximum atomic E-state index is 11.7. The van der Waals surface area contributed by atoms with Crippen LogP contribution in [0.15, 0.2) is 0 Å². The van der Waals surface area contributed by atoms with Crippen molar-refractivity contribution in [2.75, 3.05) is 0 Å². The molecule has 0 radical (unpaired) electrons. The van der Waals surface area contributed by atoms with E-state index in [0.717, 1.165) is 25.7 Å². The Labute approximate surface area is 86.0 Å². The van der Waals surface area contributed by atoms with Crippen LogP contribution in [0, 0.1) is 5.92 Å². The molecule has 0 heterocycles. The summed E-state index contributed by atoms with van der Waals surface area (Å²) < 4.78 is 5.33. The first-order valence-electron chi connectivity index (χ1n) is 5.37. The molecule has 0 saturated heterocycles. The fraction of sp³-hybridized carbons (Fsp3) is 0.909. The molecule has 2 N–H and O–H groups in total. The van der Waals surface area contributed by atoms with Crippen molar-refractivity contribution in [3.05, 3.63) is 0 Å². The second-order valence-corrected chi connectivity index (χ2v) is 5.16. The maximum Gasteiger partial charge on any atom is 0.309 e. The van der Waals surface area contributed by atoms with E-state index >= 15 is 0 Å². The number of esters is 1. The lowest BCUT2D eigenvalue weighted by molar-refractivity contribution is -0.161. The minimum Gasteiger partial charge on any atom is -0.460 e. The molecule has 3 nitrogen and oxygen atoms in total. The molecule has 0 amide bonds. The van der Waals surface area contributed by atoms with Gasteiger partial charge in [-0.15, -0.1) is 0 Å². The van der Waals surface area contributed by atoms with E-state index in [9.17, 15) is 4.79 Å². The Bertz CT molecular complexity index is 208. The van der Waals surface area contributed by atoms with Crippen molar-refractivity contribution in [2.45, 2.75) is 58.1 Å². The Hall–Kier alpha value is -0.570. The van der Waals surface area contributed by atoms with E-state index in [1.54, 1.807) is 0 Å². The lowest BCUT2D eigenvalue weighted by Gasteiger charge is -2.28. The van der Waals surface area contributed by atoms with Gasteiger partial charge in [-0.2, -0.15) is 0 Å². The van der Waals surface area contributed by atoms with E-state index in [2.05, 4.69) is 0 Å². The number of hydrogen-bond donors (Lipinski definition) is 1. The SMILES string of the molecule is CC(C)(C)OC(=O)[C@H]1CCCC(N)C1. The number of hydrogen-bond acceptors (Lipinski definition) is 3. The fourth-order valence-electron chi connectivity index (χ4n) is 1.83. The first-order valence-corrected chi connectivity index (χ1v) is 5.37. The van der Waals surface area contributed by atoms with Gasteiger partial charge in [0.15, 0.2) is 0 Å². The quantitative estimate of drug-likeness (QED) is 0.656. The molecule has 0 bridgehead atoms. The van der Waals surface area contributed by atoms with E-state index in [-0.39, 0.29) is 23.5 Å². The number of carbonyl (C=O) groups is 1. The fourth-order valence-corrected chi connectivity index (χ4v) is 1.83. The molecule has 0 aliphatic heterocycles. The van der Waals surface area contributed by atoms with Gasteiger partial charge in [0.2, 0.25) is 0 Å². The molecule has 2 atom stereocenters. The molecule has 0 aromatic rings. The molecule has 1 fully saturated rings. The van der Waals surface area contributed by atoms with Crippen molar-refractivity contribution >= 4 is 5.97 Å². The van der Waals surface area contributed by atoms with Crippen LogP contribution in [0.1, 0.15) is 46.5 Å². The number of carbonyl (C=O) groups excluding carboxylic acids is 1. The molecule has 14 heavy (non-hydrogen) atoms. The Balaban J connectivity index is 2.44. The topological polar surface area (TPSA) is 52.3 Å². The molecular formula is C11H21NO2. The molecule has 1 saturated carbocycles. The first-order chi connectivity index (χ1) is 6.38. The lowest BCUT2D eigenvalue weighted by atomic mass is 9.86. The van der Waals surface area contributed by atoms with Gasteiger partial charge in [0.25, 0.3) is 0 Å². The zero-order valence-electron chi connectivity index (χ0n) is 9.38. The first kappa shape index (κ1) is 11.5. The van der Waals surface area contributed by atoms with Gasteiger partial charge in [-0.25, -0.2) is 0 Å². The van der Waals surface area contributed by atoms with Crippen molar-refractivity contribution in [3.8, 4) is 0 Å². The van der Waals surface area contributed by atoms with Gasteiger partial charge in [-0.3, -0.25) is 4.79 Å². The Morgan fingerprint density at radius 2 is 2.00 bits per heavy atom. The summed E-state index contributed by atoms with van der Waals surface area (Å²) in [5.74, 6) is -0.0503. The summed E-state index contributed by atoms with van der Waals surface area (Å²) in [5.41, 5.74) is 5.44. The molecule has 0 spiro atoms. The van der Waals surface area contributed by atoms with Crippen LogP contribution in [0.4, 0.5) is 0 Å². The highest BCUT2D eigenvalue weighted by Crippen LogP contribution is 2.25. The summed E-state index contributed by atoms with van der Waals surface area (Å²) >= 11 is 0. The maximum absolute atomic E-state index is 11.7. The predicted molar refractivity (Wildman–Crippen MR) is 55.8 cm³/mol. The summed E-state index contributed by atoms with van der Waals surface area (Å²) in [5, 5.41) is 0. The van der Waals surface area contributed by atoms with Gasteiger partial charge in [0, 0.05) is 6.04 Å². The Kier molecular flexibility index (Phi) is 3.53. The van der Waals surface area contributed by atoms with Crippen LogP contribution in [-0.2, 0) is 9.53 Å². The molecule has 0 aromatic heterocycles. The van der Waals surface area contributed by atoms with Crippen LogP contribution < -0.4 is 5.73 Å². The van der Waals surface area contributed by atoms with Crippen molar-refractivity contribution in [1.29, 1.82) is 0 Å². The standard InChI is InChI=1S/C11H21NO2/c1-11(2,3)14-10(13)8-5-4-6-9(12)7-8/h8-9H,4-7,12H2,1-3H3/t8-,9?/m0/s1. The molecule has 0 aromatic carbocycles. The third kappa shape index (κ3) is 3.66. The van der Waals surface area contributed by atoms with Crippen molar-refractivity contribution in [2.24, 2.45) is 11.7 Å². The van der Waals surface area contributed by atoms with Crippen LogP contribution >= 0.6 is 0 Å². The van der Waals surface area contributed by atoms with Crippen LogP contribution in [-0.4, -0.2) is 17.6 Å². The predicted octanol–water partition coefficient (Wildman–Crippen LogP) is 1.85. The summed E-state index contributed by atoms with van der Waals surface area (Å²) in [6.07, 6.45) is 3.81. The minimum absolute atomic E-state index is 0.0259. The van der Waals surface area contributed by atoms with Crippen LogP contribution in [0.3, 0.4) is 0 Å². The van der Waals surface area contributed by atoms with E-state index in [0.29, 0.717) is 0 Å². The average Bonchev–Trinajstić information content (AvgIpc) is 2.01. The van der Waals surface area contributed by atoms with Crippen LogP contribution in [0.5, 0.6) is 0 Å². The molecule has 1 unspecified atom stereocenters. The third-order valence-corrected chi connectivity index (χ3v) is 2.45. The second kappa shape index (κ2) is 4.30. The zero-order chi connectivity index (χ0) is 10.8. The van der Waals surface area contributed by atoms with Crippen LogP contribution in [0.25, 0.3) is 0 Å². The van der Waals surface area contributed by atoms with Crippen LogP contribution in [0.2, 0.25) is 0 Å². The largest absolute Gasteiger partial charge is 0.460 e. The van der Waals surface area contributed by atoms with E-state index in [4.69, 9.17) is 10.5 Å². The summed E-state index contributed by atoms with van der Waals surface area (Å²) in [7, 11) is 0. The van der Waals surface area contributed by atoms with Gasteiger partial charge in [-0.05, 0) is 40.0 Å². The van der Waals surface area contributed by atoms with Crippen molar-refractivity contribution in [1.82, 2.24) is 0 Å². The normalized spacial score (nSPS) is 28.6. The zero-order valence-corrected chi connectivity index (χ0v) is 9.38. The highest BCUT2D eigenvalue weighted by atomic mass is 16.6. The number of ether oxygens (including phenoxy) is 1. The Morgan fingerprint density at radius 1 is 1.36 bits per heavy atom. The van der Waals surface area contributed by atoms with Gasteiger partial charge in [-0.1, -0.05) is 6.42 Å². The van der Waals surface area contributed by atoms with Crippen molar-refractivity contribution < 1.29 is 9.53 Å². The monoisotopic (exact) mass is 199 g/mol. The minimum atomic E-state index is -0.376.